The molecule has 3 fully saturated rings. The standard InChI is InChI=1S/C33H43F2N7S/c1-4-7-23(20(2)22-9-5-10-26-27(22)24(18-36)30(35)43-26)29(37)31-39-25(12-11-21-8-6-16-41(21)3)28(34)32(40-31)42-17-15-38-33(19-42)13-14-33/h21-22,37-38H,4-17,19H2,1-3H3/b23-20+,37-29?/t21?,22-/m1/s1. The first-order chi connectivity index (χ1) is 20.7. The molecule has 43 heavy (non-hydrogen) atoms. The maximum absolute atomic E-state index is 16.2. The number of fused-ring (bicyclic) bond motifs is 1. The maximum atomic E-state index is 16.2. The molecular weight excluding hydrogens is 564 g/mol. The molecule has 7 nitrogen and oxygen atoms in total. The summed E-state index contributed by atoms with van der Waals surface area (Å²) in [6.07, 6.45) is 9.71. The van der Waals surface area contributed by atoms with Gasteiger partial charge in [-0.3, -0.25) is 5.41 Å². The number of nitrogens with zero attached hydrogens (tertiary/aromatic N) is 5. The Bertz CT molecular complexity index is 1470. The first kappa shape index (κ1) is 30.3. The molecule has 2 aliphatic heterocycles. The molecule has 10 heteroatoms. The highest BCUT2D eigenvalue weighted by atomic mass is 32.1. The van der Waals surface area contributed by atoms with Crippen LogP contribution in [0.2, 0.25) is 0 Å². The second-order valence-electron chi connectivity index (χ2n) is 13.0. The van der Waals surface area contributed by atoms with Crippen molar-refractivity contribution in [1.82, 2.24) is 20.2 Å². The highest BCUT2D eigenvalue weighted by Gasteiger charge is 2.46. The third-order valence-electron chi connectivity index (χ3n) is 10.2. The van der Waals surface area contributed by atoms with E-state index in [2.05, 4.69) is 35.2 Å². The van der Waals surface area contributed by atoms with Gasteiger partial charge in [-0.25, -0.2) is 14.4 Å². The number of rotatable bonds is 9. The molecule has 0 radical (unpaired) electrons. The number of hydrogen-bond acceptors (Lipinski definition) is 8. The zero-order valence-electron chi connectivity index (χ0n) is 25.7. The largest absolute Gasteiger partial charge is 0.351 e. The summed E-state index contributed by atoms with van der Waals surface area (Å²) >= 11 is 1.09. The summed E-state index contributed by atoms with van der Waals surface area (Å²) in [5, 5.41) is 22.4. The van der Waals surface area contributed by atoms with E-state index >= 15 is 4.39 Å². The van der Waals surface area contributed by atoms with Crippen LogP contribution in [-0.2, 0) is 12.8 Å². The first-order valence-electron chi connectivity index (χ1n) is 16.0. The summed E-state index contributed by atoms with van der Waals surface area (Å²) in [4.78, 5) is 14.9. The number of thiophene rings is 1. The van der Waals surface area contributed by atoms with Crippen LogP contribution in [0.4, 0.5) is 14.6 Å². The molecule has 4 heterocycles. The van der Waals surface area contributed by atoms with E-state index in [0.717, 1.165) is 104 Å². The van der Waals surface area contributed by atoms with E-state index in [1.54, 1.807) is 0 Å². The van der Waals surface area contributed by atoms with Crippen LogP contribution < -0.4 is 10.2 Å². The van der Waals surface area contributed by atoms with E-state index in [1.165, 1.54) is 0 Å². The summed E-state index contributed by atoms with van der Waals surface area (Å²) in [6, 6.07) is 2.52. The lowest BCUT2D eigenvalue weighted by Gasteiger charge is -2.35. The van der Waals surface area contributed by atoms with E-state index in [-0.39, 0.29) is 34.4 Å². The van der Waals surface area contributed by atoms with Gasteiger partial charge >= 0.3 is 0 Å². The average molecular weight is 608 g/mol. The van der Waals surface area contributed by atoms with Crippen molar-refractivity contribution in [3.8, 4) is 6.07 Å². The third-order valence-corrected chi connectivity index (χ3v) is 11.2. The number of nitriles is 1. The van der Waals surface area contributed by atoms with Crippen molar-refractivity contribution >= 4 is 22.9 Å². The number of halogens is 2. The fraction of sp³-hybridized carbons (Fsp3) is 0.636. The van der Waals surface area contributed by atoms with E-state index < -0.39 is 5.13 Å². The number of hydrogen-bond donors (Lipinski definition) is 2. The summed E-state index contributed by atoms with van der Waals surface area (Å²) in [5.41, 5.74) is 3.42. The fourth-order valence-corrected chi connectivity index (χ4v) is 8.59. The molecular formula is C33H43F2N7S. The minimum atomic E-state index is -0.409. The van der Waals surface area contributed by atoms with Crippen molar-refractivity contribution in [2.75, 3.05) is 38.1 Å². The van der Waals surface area contributed by atoms with Gasteiger partial charge in [0.25, 0.3) is 0 Å². The lowest BCUT2D eigenvalue weighted by atomic mass is 9.78. The van der Waals surface area contributed by atoms with Gasteiger partial charge in [-0.15, -0.1) is 11.3 Å². The Morgan fingerprint density at radius 1 is 1.21 bits per heavy atom. The van der Waals surface area contributed by atoms with Crippen LogP contribution in [0, 0.1) is 27.7 Å². The van der Waals surface area contributed by atoms with Crippen LogP contribution in [0.5, 0.6) is 0 Å². The van der Waals surface area contributed by atoms with Crippen LogP contribution in [0.15, 0.2) is 11.1 Å². The quantitative estimate of drug-likeness (QED) is 0.327. The van der Waals surface area contributed by atoms with E-state index in [4.69, 9.17) is 9.97 Å². The molecule has 6 rings (SSSR count). The Hall–Kier alpha value is -2.74. The SMILES string of the molecule is CCC/C(C(=N)c1nc(CCC2CCCN2C)c(F)c(N2CCNC3(CC3)C2)n1)=C(/C)[C@H]1CCCc2sc(F)c(C#N)c21. The lowest BCUT2D eigenvalue weighted by Crippen LogP contribution is -2.53. The number of nitrogens with one attached hydrogen (secondary N) is 2. The number of anilines is 1. The van der Waals surface area contributed by atoms with Crippen LogP contribution >= 0.6 is 11.3 Å². The Balaban J connectivity index is 1.39. The minimum absolute atomic E-state index is 0.0485. The van der Waals surface area contributed by atoms with Crippen molar-refractivity contribution in [2.45, 2.75) is 102 Å². The van der Waals surface area contributed by atoms with Gasteiger partial charge < -0.3 is 15.1 Å². The summed E-state index contributed by atoms with van der Waals surface area (Å²) in [7, 11) is 2.13. The zero-order chi connectivity index (χ0) is 30.3. The minimum Gasteiger partial charge on any atom is -0.351 e. The number of allylic oxidation sites excluding steroid dienone is 2. The van der Waals surface area contributed by atoms with Crippen LogP contribution in [0.1, 0.15) is 105 Å². The predicted molar refractivity (Wildman–Crippen MR) is 167 cm³/mol. The Kier molecular flexibility index (Phi) is 8.69. The number of aryl methyl sites for hydroxylation is 2. The molecule has 1 saturated carbocycles. The molecule has 1 unspecified atom stereocenters. The second kappa shape index (κ2) is 12.3. The number of likely N-dealkylation sites (tertiary alicyclic amines) is 1. The number of piperazine rings is 1. The van der Waals surface area contributed by atoms with Gasteiger partial charge in [-0.2, -0.15) is 9.65 Å². The molecule has 230 valence electrons. The van der Waals surface area contributed by atoms with E-state index in [9.17, 15) is 15.1 Å². The monoisotopic (exact) mass is 607 g/mol. The maximum Gasteiger partial charge on any atom is 0.194 e. The summed E-state index contributed by atoms with van der Waals surface area (Å²) in [5.74, 6) is 0.112. The van der Waals surface area contributed by atoms with Crippen LogP contribution in [0.25, 0.3) is 0 Å². The summed E-state index contributed by atoms with van der Waals surface area (Å²) in [6.45, 7) is 7.31. The molecule has 2 atom stereocenters. The van der Waals surface area contributed by atoms with Crippen molar-refractivity contribution in [3.05, 3.63) is 49.6 Å². The van der Waals surface area contributed by atoms with Gasteiger partial charge in [0.1, 0.15) is 17.3 Å². The van der Waals surface area contributed by atoms with Gasteiger partial charge in [-0.1, -0.05) is 18.9 Å². The lowest BCUT2D eigenvalue weighted by molar-refractivity contribution is 0.295. The molecule has 2 saturated heterocycles. The van der Waals surface area contributed by atoms with Crippen molar-refractivity contribution < 1.29 is 8.78 Å². The molecule has 2 aromatic rings. The molecule has 2 aromatic heterocycles. The smallest absolute Gasteiger partial charge is 0.194 e. The van der Waals surface area contributed by atoms with Gasteiger partial charge in [0.2, 0.25) is 0 Å². The Morgan fingerprint density at radius 2 is 2.02 bits per heavy atom. The Morgan fingerprint density at radius 3 is 2.72 bits per heavy atom. The average Bonchev–Trinajstić information content (AvgIpc) is 3.46. The molecule has 0 bridgehead atoms. The highest BCUT2D eigenvalue weighted by molar-refractivity contribution is 7.10. The topological polar surface area (TPSA) is 91.9 Å². The zero-order valence-corrected chi connectivity index (χ0v) is 26.5. The molecule has 2 aliphatic carbocycles. The third kappa shape index (κ3) is 5.88. The highest BCUT2D eigenvalue weighted by Crippen LogP contribution is 2.45. The molecule has 0 aromatic carbocycles. The fourth-order valence-electron chi connectivity index (χ4n) is 7.51. The Labute approximate surface area is 257 Å². The first-order valence-corrected chi connectivity index (χ1v) is 16.8. The number of aromatic nitrogens is 2. The van der Waals surface area contributed by atoms with Crippen molar-refractivity contribution in [3.63, 3.8) is 0 Å². The van der Waals surface area contributed by atoms with Gasteiger partial charge in [0.05, 0.1) is 5.69 Å². The normalized spacial score (nSPS) is 23.7. The van der Waals surface area contributed by atoms with Gasteiger partial charge in [0.15, 0.2) is 22.6 Å². The summed E-state index contributed by atoms with van der Waals surface area (Å²) < 4.78 is 31.0. The molecule has 4 aliphatic rings. The van der Waals surface area contributed by atoms with Crippen LogP contribution in [-0.4, -0.2) is 65.4 Å². The van der Waals surface area contributed by atoms with Gasteiger partial charge in [-0.05, 0) is 95.9 Å². The molecule has 0 amide bonds. The molecule has 2 N–H and O–H groups in total. The molecule has 1 spiro atoms. The predicted octanol–water partition coefficient (Wildman–Crippen LogP) is 6.26. The second-order valence-corrected chi connectivity index (χ2v) is 14.1. The van der Waals surface area contributed by atoms with E-state index in [1.807, 2.05) is 6.92 Å². The van der Waals surface area contributed by atoms with Crippen molar-refractivity contribution in [2.24, 2.45) is 0 Å². The van der Waals surface area contributed by atoms with Crippen LogP contribution in [0.3, 0.4) is 0 Å². The van der Waals surface area contributed by atoms with Crippen molar-refractivity contribution in [1.29, 1.82) is 10.7 Å². The van der Waals surface area contributed by atoms with Gasteiger partial charge in [0, 0.05) is 42.0 Å². The van der Waals surface area contributed by atoms with E-state index in [0.29, 0.717) is 43.5 Å².